The van der Waals surface area contributed by atoms with Crippen LogP contribution in [0.25, 0.3) is 27.7 Å². The van der Waals surface area contributed by atoms with Crippen LogP contribution in [0.15, 0.2) is 71.4 Å². The average molecular weight is 451 g/mol. The van der Waals surface area contributed by atoms with Gasteiger partial charge < -0.3 is 9.84 Å². The first-order chi connectivity index (χ1) is 16.7. The molecule has 2 aromatic carbocycles. The fourth-order valence-corrected chi connectivity index (χ4v) is 5.19. The predicted octanol–water partition coefficient (Wildman–Crippen LogP) is 6.98. The lowest BCUT2D eigenvalue weighted by Gasteiger charge is -2.24. The minimum absolute atomic E-state index is 0.530. The van der Waals surface area contributed by atoms with Crippen LogP contribution >= 0.6 is 0 Å². The molecule has 3 aromatic heterocycles. The Morgan fingerprint density at radius 3 is 2.62 bits per heavy atom. The van der Waals surface area contributed by atoms with Gasteiger partial charge in [-0.2, -0.15) is 0 Å². The van der Waals surface area contributed by atoms with Gasteiger partial charge in [-0.15, -0.1) is 0 Å². The van der Waals surface area contributed by atoms with Crippen molar-refractivity contribution in [1.29, 1.82) is 0 Å². The molecule has 6 rings (SSSR count). The maximum Gasteiger partial charge on any atom is 0.167 e. The molecule has 1 N–H and O–H groups in total. The highest BCUT2D eigenvalue weighted by Crippen LogP contribution is 2.30. The fourth-order valence-electron chi connectivity index (χ4n) is 5.19. The first-order valence-corrected chi connectivity index (χ1v) is 12.4. The molecule has 0 radical (unpaired) electrons. The topological polar surface area (TPSA) is 55.4 Å². The highest BCUT2D eigenvalue weighted by molar-refractivity contribution is 5.85. The van der Waals surface area contributed by atoms with E-state index in [4.69, 9.17) is 9.51 Å². The fraction of sp³-hybridized carbons (Fsp3) is 0.310. The Hall–Kier alpha value is -3.60. The van der Waals surface area contributed by atoms with Crippen LogP contribution < -0.4 is 5.32 Å². The molecule has 172 valence electrons. The van der Waals surface area contributed by atoms with Gasteiger partial charge in [0.2, 0.25) is 0 Å². The zero-order valence-electron chi connectivity index (χ0n) is 19.6. The van der Waals surface area contributed by atoms with Gasteiger partial charge in [0.25, 0.3) is 0 Å². The summed E-state index contributed by atoms with van der Waals surface area (Å²) in [6, 6.07) is 21.9. The minimum Gasteiger partial charge on any atom is -0.367 e. The summed E-state index contributed by atoms with van der Waals surface area (Å²) in [5, 5.41) is 9.03. The van der Waals surface area contributed by atoms with Crippen LogP contribution in [0.1, 0.15) is 49.1 Å². The average Bonchev–Trinajstić information content (AvgIpc) is 3.43. The summed E-state index contributed by atoms with van der Waals surface area (Å²) in [5.41, 5.74) is 7.53. The zero-order valence-corrected chi connectivity index (χ0v) is 19.6. The first kappa shape index (κ1) is 21.0. The summed E-state index contributed by atoms with van der Waals surface area (Å²) in [6.45, 7) is 1.98. The van der Waals surface area contributed by atoms with Gasteiger partial charge in [-0.1, -0.05) is 60.8 Å². The Bertz CT molecular complexity index is 1430. The minimum atomic E-state index is 0.530. The maximum absolute atomic E-state index is 5.39. The molecule has 3 heterocycles. The number of fused-ring (bicyclic) bond motifs is 2. The van der Waals surface area contributed by atoms with Crippen LogP contribution in [-0.2, 0) is 12.8 Å². The highest BCUT2D eigenvalue weighted by Gasteiger charge is 2.19. The second-order valence-corrected chi connectivity index (χ2v) is 9.49. The third-order valence-electron chi connectivity index (χ3n) is 7.12. The van der Waals surface area contributed by atoms with Gasteiger partial charge in [-0.25, -0.2) is 4.98 Å². The van der Waals surface area contributed by atoms with Crippen LogP contribution in [0.4, 0.5) is 5.82 Å². The lowest BCUT2D eigenvalue weighted by molar-refractivity contribution is 0.450. The lowest BCUT2D eigenvalue weighted by atomic mass is 9.95. The normalized spacial score (nSPS) is 14.7. The number of anilines is 1. The molecule has 34 heavy (non-hydrogen) atoms. The smallest absolute Gasteiger partial charge is 0.167 e. The van der Waals surface area contributed by atoms with Crippen molar-refractivity contribution >= 4 is 22.4 Å². The van der Waals surface area contributed by atoms with Crippen molar-refractivity contribution in [3.05, 3.63) is 83.8 Å². The molecule has 1 aliphatic rings. The van der Waals surface area contributed by atoms with Gasteiger partial charge in [0.05, 0.1) is 11.4 Å². The molecule has 5 aromatic rings. The van der Waals surface area contributed by atoms with Gasteiger partial charge in [-0.05, 0) is 73.6 Å². The molecule has 1 saturated carbocycles. The second-order valence-electron chi connectivity index (χ2n) is 9.49. The predicted molar refractivity (Wildman–Crippen MR) is 137 cm³/mol. The Morgan fingerprint density at radius 1 is 0.941 bits per heavy atom. The standard InChI is InChI=1S/C29H30N4O/c1-20-25-18-22(13-15-27(25)34-32-20)23-16-17-33-28(19-23)31-26(14-12-21-8-4-2-5-9-21)29(33)30-24-10-6-3-7-11-24/h2,4-5,8-9,13,15-19,24,30H,3,6-7,10-12,14H2,1H3. The molecule has 0 saturated heterocycles. The van der Waals surface area contributed by atoms with Gasteiger partial charge in [-0.3, -0.25) is 4.40 Å². The molecule has 0 aliphatic heterocycles. The third kappa shape index (κ3) is 4.07. The van der Waals surface area contributed by atoms with E-state index in [1.807, 2.05) is 13.0 Å². The number of nitrogens with one attached hydrogen (secondary N) is 1. The largest absolute Gasteiger partial charge is 0.367 e. The van der Waals surface area contributed by atoms with Crippen molar-refractivity contribution in [2.45, 2.75) is 57.9 Å². The van der Waals surface area contributed by atoms with Gasteiger partial charge in [0.15, 0.2) is 5.58 Å². The molecule has 5 nitrogen and oxygen atoms in total. The monoisotopic (exact) mass is 450 g/mol. The Labute approximate surface area is 199 Å². The number of rotatable bonds is 6. The molecule has 0 atom stereocenters. The van der Waals surface area contributed by atoms with Gasteiger partial charge in [0.1, 0.15) is 11.5 Å². The Morgan fingerprint density at radius 2 is 1.76 bits per heavy atom. The molecular weight excluding hydrogens is 420 g/mol. The molecular formula is C29H30N4O. The number of hydrogen-bond donors (Lipinski definition) is 1. The van der Waals surface area contributed by atoms with E-state index in [2.05, 4.69) is 75.7 Å². The number of hydrogen-bond acceptors (Lipinski definition) is 4. The van der Waals surface area contributed by atoms with Crippen molar-refractivity contribution < 1.29 is 4.52 Å². The zero-order chi connectivity index (χ0) is 22.9. The van der Waals surface area contributed by atoms with E-state index in [9.17, 15) is 0 Å². The molecule has 0 amide bonds. The van der Waals surface area contributed by atoms with Crippen molar-refractivity contribution in [3.8, 4) is 11.1 Å². The number of aromatic nitrogens is 3. The van der Waals surface area contributed by atoms with Crippen LogP contribution in [0.5, 0.6) is 0 Å². The number of imidazole rings is 1. The summed E-state index contributed by atoms with van der Waals surface area (Å²) in [4.78, 5) is 5.12. The van der Waals surface area contributed by atoms with Crippen LogP contribution in [0, 0.1) is 6.92 Å². The number of aryl methyl sites for hydroxylation is 3. The van der Waals surface area contributed by atoms with E-state index in [1.165, 1.54) is 37.7 Å². The van der Waals surface area contributed by atoms with Crippen molar-refractivity contribution in [2.24, 2.45) is 0 Å². The van der Waals surface area contributed by atoms with E-state index in [-0.39, 0.29) is 0 Å². The van der Waals surface area contributed by atoms with E-state index >= 15 is 0 Å². The maximum atomic E-state index is 5.39. The van der Waals surface area contributed by atoms with Crippen LogP contribution in [0.3, 0.4) is 0 Å². The summed E-state index contributed by atoms with van der Waals surface area (Å²) in [7, 11) is 0. The molecule has 0 spiro atoms. The quantitative estimate of drug-likeness (QED) is 0.303. The Kier molecular flexibility index (Phi) is 5.54. The van der Waals surface area contributed by atoms with Crippen LogP contribution in [-0.4, -0.2) is 20.6 Å². The SMILES string of the molecule is Cc1noc2ccc(-c3ccn4c(NC5CCCCC5)c(CCc5ccccc5)nc4c3)cc12. The van der Waals surface area contributed by atoms with E-state index in [1.54, 1.807) is 0 Å². The van der Waals surface area contributed by atoms with E-state index in [0.717, 1.165) is 57.8 Å². The number of nitrogens with zero attached hydrogens (tertiary/aromatic N) is 3. The lowest BCUT2D eigenvalue weighted by Crippen LogP contribution is -2.23. The Balaban J connectivity index is 1.37. The number of benzene rings is 2. The molecule has 0 bridgehead atoms. The molecule has 1 fully saturated rings. The van der Waals surface area contributed by atoms with Gasteiger partial charge in [0, 0.05) is 17.6 Å². The summed E-state index contributed by atoms with van der Waals surface area (Å²) >= 11 is 0. The van der Waals surface area contributed by atoms with Gasteiger partial charge >= 0.3 is 0 Å². The molecule has 1 aliphatic carbocycles. The van der Waals surface area contributed by atoms with E-state index < -0.39 is 0 Å². The van der Waals surface area contributed by atoms with Crippen molar-refractivity contribution in [3.63, 3.8) is 0 Å². The third-order valence-corrected chi connectivity index (χ3v) is 7.12. The molecule has 0 unspecified atom stereocenters. The highest BCUT2D eigenvalue weighted by atomic mass is 16.5. The van der Waals surface area contributed by atoms with E-state index in [0.29, 0.717) is 6.04 Å². The molecule has 5 heteroatoms. The van der Waals surface area contributed by atoms with Crippen molar-refractivity contribution in [1.82, 2.24) is 14.5 Å². The summed E-state index contributed by atoms with van der Waals surface area (Å²) < 4.78 is 7.63. The first-order valence-electron chi connectivity index (χ1n) is 12.4. The second kappa shape index (κ2) is 8.98. The number of pyridine rings is 1. The summed E-state index contributed by atoms with van der Waals surface area (Å²) in [5.74, 6) is 1.16. The van der Waals surface area contributed by atoms with Crippen molar-refractivity contribution in [2.75, 3.05) is 5.32 Å². The van der Waals surface area contributed by atoms with Crippen LogP contribution in [0.2, 0.25) is 0 Å². The summed E-state index contributed by atoms with van der Waals surface area (Å²) in [6.07, 6.45) is 10.5.